The Bertz CT molecular complexity index is 418. The van der Waals surface area contributed by atoms with Crippen LogP contribution in [0.4, 0.5) is 9.93 Å². The molecule has 7 nitrogen and oxygen atoms in total. The summed E-state index contributed by atoms with van der Waals surface area (Å²) in [5.41, 5.74) is 0. The number of aliphatic hydroxyl groups excluding tert-OH is 1. The van der Waals surface area contributed by atoms with Gasteiger partial charge in [0.25, 0.3) is 0 Å². The maximum Gasteiger partial charge on any atom is 0.328 e. The van der Waals surface area contributed by atoms with Crippen molar-refractivity contribution in [1.82, 2.24) is 10.3 Å². The molecule has 8 heteroatoms. The molecule has 1 aromatic heterocycles. The van der Waals surface area contributed by atoms with Gasteiger partial charge in [0.15, 0.2) is 11.2 Å². The number of aliphatic hydroxyl groups is 1. The van der Waals surface area contributed by atoms with Gasteiger partial charge in [-0.1, -0.05) is 0 Å². The van der Waals surface area contributed by atoms with Crippen LogP contribution in [0.1, 0.15) is 11.8 Å². The normalized spacial score (nSPS) is 13.8. The minimum atomic E-state index is -1.35. The number of carbonyl (C=O) groups is 2. The van der Waals surface area contributed by atoms with Crippen LogP contribution < -0.4 is 10.6 Å². The number of anilines is 1. The van der Waals surface area contributed by atoms with E-state index in [1.54, 1.807) is 6.20 Å². The zero-order valence-corrected chi connectivity index (χ0v) is 10.1. The Morgan fingerprint density at radius 3 is 2.59 bits per heavy atom. The molecule has 0 aliphatic carbocycles. The Morgan fingerprint density at radius 2 is 2.18 bits per heavy atom. The second-order valence-corrected chi connectivity index (χ2v) is 4.67. The van der Waals surface area contributed by atoms with Crippen LogP contribution in [0.3, 0.4) is 0 Å². The van der Waals surface area contributed by atoms with Gasteiger partial charge in [-0.2, -0.15) is 0 Å². The number of carboxylic acid groups (broad SMARTS) is 1. The molecule has 0 saturated heterocycles. The van der Waals surface area contributed by atoms with Crippen LogP contribution in [-0.2, 0) is 4.79 Å². The summed E-state index contributed by atoms with van der Waals surface area (Å²) in [4.78, 5) is 26.9. The maximum atomic E-state index is 11.4. The number of hydrogen-bond donors (Lipinski definition) is 4. The average Bonchev–Trinajstić information content (AvgIpc) is 2.59. The standard InChI is InChI=1S/C9H13N3O4S/c1-4-3-10-9(17-4)12-8(16)11-6(5(2)13)7(14)15/h3,5-6,13H,1-2H3,(H,14,15)(H2,10,11,12,16). The first-order chi connectivity index (χ1) is 7.90. The minimum Gasteiger partial charge on any atom is -0.480 e. The molecule has 0 aromatic carbocycles. The number of urea groups is 1. The molecule has 0 bridgehead atoms. The molecule has 2 unspecified atom stereocenters. The van der Waals surface area contributed by atoms with Gasteiger partial charge in [-0.05, 0) is 13.8 Å². The smallest absolute Gasteiger partial charge is 0.328 e. The zero-order chi connectivity index (χ0) is 13.0. The summed E-state index contributed by atoms with van der Waals surface area (Å²) in [6.07, 6.45) is 0.403. The van der Waals surface area contributed by atoms with Crippen molar-refractivity contribution < 1.29 is 19.8 Å². The van der Waals surface area contributed by atoms with E-state index >= 15 is 0 Å². The monoisotopic (exact) mass is 259 g/mol. The van der Waals surface area contributed by atoms with Crippen LogP contribution in [-0.4, -0.2) is 39.3 Å². The Labute approximate surface area is 101 Å². The van der Waals surface area contributed by atoms with Crippen LogP contribution in [0.15, 0.2) is 6.20 Å². The summed E-state index contributed by atoms with van der Waals surface area (Å²) in [6.45, 7) is 3.11. The van der Waals surface area contributed by atoms with Gasteiger partial charge < -0.3 is 15.5 Å². The number of carboxylic acids is 1. The maximum absolute atomic E-state index is 11.4. The highest BCUT2D eigenvalue weighted by molar-refractivity contribution is 7.15. The van der Waals surface area contributed by atoms with E-state index in [9.17, 15) is 9.59 Å². The Morgan fingerprint density at radius 1 is 1.53 bits per heavy atom. The molecule has 1 rings (SSSR count). The first kappa shape index (κ1) is 13.4. The Balaban J connectivity index is 2.56. The van der Waals surface area contributed by atoms with Gasteiger partial charge in [0.2, 0.25) is 0 Å². The Hall–Kier alpha value is -1.67. The van der Waals surface area contributed by atoms with Crippen molar-refractivity contribution in [3.63, 3.8) is 0 Å². The summed E-state index contributed by atoms with van der Waals surface area (Å²) in [5, 5.41) is 22.8. The van der Waals surface area contributed by atoms with Gasteiger partial charge in [0, 0.05) is 11.1 Å². The predicted octanol–water partition coefficient (Wildman–Crippen LogP) is 0.407. The molecule has 0 saturated carbocycles. The van der Waals surface area contributed by atoms with Crippen molar-refractivity contribution in [3.05, 3.63) is 11.1 Å². The van der Waals surface area contributed by atoms with Crippen molar-refractivity contribution in [1.29, 1.82) is 0 Å². The highest BCUT2D eigenvalue weighted by atomic mass is 32.1. The number of carbonyl (C=O) groups excluding carboxylic acids is 1. The van der Waals surface area contributed by atoms with Crippen molar-refractivity contribution in [2.75, 3.05) is 5.32 Å². The number of hydrogen-bond acceptors (Lipinski definition) is 5. The molecule has 1 heterocycles. The lowest BCUT2D eigenvalue weighted by Crippen LogP contribution is -2.49. The molecule has 0 aliphatic heterocycles. The zero-order valence-electron chi connectivity index (χ0n) is 9.30. The van der Waals surface area contributed by atoms with E-state index in [0.717, 1.165) is 4.88 Å². The number of rotatable bonds is 4. The fraction of sp³-hybridized carbons (Fsp3) is 0.444. The quantitative estimate of drug-likeness (QED) is 0.625. The van der Waals surface area contributed by atoms with E-state index in [2.05, 4.69) is 15.6 Å². The lowest BCUT2D eigenvalue weighted by Gasteiger charge is -2.16. The summed E-state index contributed by atoms with van der Waals surface area (Å²) >= 11 is 1.27. The minimum absolute atomic E-state index is 0.370. The van der Waals surface area contributed by atoms with Crippen molar-refractivity contribution in [2.45, 2.75) is 26.0 Å². The number of nitrogens with zero attached hydrogens (tertiary/aromatic N) is 1. The summed E-state index contributed by atoms with van der Waals surface area (Å²) in [5.74, 6) is -1.30. The molecule has 0 spiro atoms. The molecular formula is C9H13N3O4S. The summed E-state index contributed by atoms with van der Waals surface area (Å²) in [7, 11) is 0. The number of nitrogens with one attached hydrogen (secondary N) is 2. The third-order valence-electron chi connectivity index (χ3n) is 1.88. The number of aliphatic carboxylic acids is 1. The van der Waals surface area contributed by atoms with E-state index in [-0.39, 0.29) is 0 Å². The summed E-state index contributed by atoms with van der Waals surface area (Å²) < 4.78 is 0. The molecule has 2 atom stereocenters. The lowest BCUT2D eigenvalue weighted by atomic mass is 10.2. The number of amides is 2. The van der Waals surface area contributed by atoms with E-state index in [1.165, 1.54) is 18.3 Å². The molecule has 2 amide bonds. The molecule has 1 aromatic rings. The fourth-order valence-electron chi connectivity index (χ4n) is 1.08. The molecule has 0 aliphatic rings. The Kier molecular flexibility index (Phi) is 4.41. The molecule has 94 valence electrons. The number of thiazole rings is 1. The van der Waals surface area contributed by atoms with Crippen LogP contribution >= 0.6 is 11.3 Å². The van der Waals surface area contributed by atoms with E-state index < -0.39 is 24.1 Å². The second kappa shape index (κ2) is 5.60. The predicted molar refractivity (Wildman–Crippen MR) is 62.1 cm³/mol. The van der Waals surface area contributed by atoms with Crippen LogP contribution in [0, 0.1) is 6.92 Å². The van der Waals surface area contributed by atoms with Crippen LogP contribution in [0.2, 0.25) is 0 Å². The highest BCUT2D eigenvalue weighted by Gasteiger charge is 2.25. The third kappa shape index (κ3) is 4.00. The molecule has 0 radical (unpaired) electrons. The largest absolute Gasteiger partial charge is 0.480 e. The van der Waals surface area contributed by atoms with Crippen LogP contribution in [0.25, 0.3) is 0 Å². The van der Waals surface area contributed by atoms with E-state index in [4.69, 9.17) is 10.2 Å². The molecule has 0 fully saturated rings. The molecule has 4 N–H and O–H groups in total. The van der Waals surface area contributed by atoms with E-state index in [1.807, 2.05) is 6.92 Å². The lowest BCUT2D eigenvalue weighted by molar-refractivity contribution is -0.141. The molecular weight excluding hydrogens is 246 g/mol. The first-order valence-electron chi connectivity index (χ1n) is 4.81. The summed E-state index contributed by atoms with van der Waals surface area (Å²) in [6, 6.07) is -2.07. The third-order valence-corrected chi connectivity index (χ3v) is 2.70. The van der Waals surface area contributed by atoms with Crippen LogP contribution in [0.5, 0.6) is 0 Å². The second-order valence-electron chi connectivity index (χ2n) is 3.43. The van der Waals surface area contributed by atoms with Gasteiger partial charge in [-0.15, -0.1) is 11.3 Å². The van der Waals surface area contributed by atoms with Gasteiger partial charge >= 0.3 is 12.0 Å². The van der Waals surface area contributed by atoms with Gasteiger partial charge in [-0.25, -0.2) is 14.6 Å². The number of aryl methyl sites for hydroxylation is 1. The van der Waals surface area contributed by atoms with E-state index in [0.29, 0.717) is 5.13 Å². The first-order valence-corrected chi connectivity index (χ1v) is 5.62. The van der Waals surface area contributed by atoms with Gasteiger partial charge in [0.1, 0.15) is 0 Å². The molecule has 17 heavy (non-hydrogen) atoms. The SMILES string of the molecule is Cc1cnc(NC(=O)NC(C(=O)O)C(C)O)s1. The van der Waals surface area contributed by atoms with Gasteiger partial charge in [-0.3, -0.25) is 5.32 Å². The highest BCUT2D eigenvalue weighted by Crippen LogP contribution is 2.16. The topological polar surface area (TPSA) is 112 Å². The van der Waals surface area contributed by atoms with Crippen molar-refractivity contribution in [3.8, 4) is 0 Å². The van der Waals surface area contributed by atoms with Crippen molar-refractivity contribution in [2.24, 2.45) is 0 Å². The fourth-order valence-corrected chi connectivity index (χ4v) is 1.74. The average molecular weight is 259 g/mol. The van der Waals surface area contributed by atoms with Crippen molar-refractivity contribution >= 4 is 28.5 Å². The van der Waals surface area contributed by atoms with Gasteiger partial charge in [0.05, 0.1) is 6.10 Å². The number of aromatic nitrogens is 1.